The highest BCUT2D eigenvalue weighted by Gasteiger charge is 2.14. The maximum Gasteiger partial charge on any atom is 0.267 e. The van der Waals surface area contributed by atoms with E-state index in [0.717, 1.165) is 5.56 Å². The van der Waals surface area contributed by atoms with Gasteiger partial charge in [0.25, 0.3) is 11.8 Å². The number of ether oxygens (including phenoxy) is 1. The fourth-order valence-corrected chi connectivity index (χ4v) is 2.02. The Kier molecular flexibility index (Phi) is 6.73. The summed E-state index contributed by atoms with van der Waals surface area (Å²) in [7, 11) is 1.56. The minimum Gasteiger partial charge on any atom is -0.383 e. The minimum atomic E-state index is -0.361. The molecule has 0 saturated carbocycles. The summed E-state index contributed by atoms with van der Waals surface area (Å²) in [5.41, 5.74) is 1.50. The molecule has 0 aliphatic carbocycles. The molecule has 2 N–H and O–H groups in total. The molecule has 0 aliphatic heterocycles. The zero-order valence-corrected chi connectivity index (χ0v) is 13.5. The van der Waals surface area contributed by atoms with E-state index < -0.39 is 0 Å². The van der Waals surface area contributed by atoms with Gasteiger partial charge in [-0.1, -0.05) is 48.5 Å². The van der Waals surface area contributed by atoms with Gasteiger partial charge in [-0.3, -0.25) is 9.59 Å². The summed E-state index contributed by atoms with van der Waals surface area (Å²) in [5.74, 6) is -0.695. The van der Waals surface area contributed by atoms with Gasteiger partial charge in [0.2, 0.25) is 0 Å². The van der Waals surface area contributed by atoms with E-state index in [1.54, 1.807) is 37.5 Å². The number of benzene rings is 2. The van der Waals surface area contributed by atoms with Crippen molar-refractivity contribution in [3.8, 4) is 0 Å². The quantitative estimate of drug-likeness (QED) is 0.606. The minimum absolute atomic E-state index is 0.186. The lowest BCUT2D eigenvalue weighted by Gasteiger charge is -2.11. The number of carbonyl (C=O) groups excluding carboxylic acids is 2. The van der Waals surface area contributed by atoms with Gasteiger partial charge in [0.15, 0.2) is 0 Å². The third-order valence-electron chi connectivity index (χ3n) is 3.23. The number of carbonyl (C=O) groups is 2. The van der Waals surface area contributed by atoms with Gasteiger partial charge in [-0.2, -0.15) is 0 Å². The molecule has 0 spiro atoms. The van der Waals surface area contributed by atoms with E-state index in [4.69, 9.17) is 4.74 Å². The van der Waals surface area contributed by atoms with E-state index in [2.05, 4.69) is 10.6 Å². The number of nitrogens with one attached hydrogen (secondary N) is 2. The van der Waals surface area contributed by atoms with Gasteiger partial charge in [0.05, 0.1) is 6.61 Å². The zero-order chi connectivity index (χ0) is 17.2. The molecular formula is C19H20N2O3. The summed E-state index contributed by atoms with van der Waals surface area (Å²) in [4.78, 5) is 24.7. The van der Waals surface area contributed by atoms with Gasteiger partial charge < -0.3 is 15.4 Å². The summed E-state index contributed by atoms with van der Waals surface area (Å²) in [6.45, 7) is 0.764. The van der Waals surface area contributed by atoms with Crippen LogP contribution in [-0.4, -0.2) is 32.1 Å². The average Bonchev–Trinajstić information content (AvgIpc) is 2.63. The van der Waals surface area contributed by atoms with Crippen LogP contribution in [0.3, 0.4) is 0 Å². The lowest BCUT2D eigenvalue weighted by Crippen LogP contribution is -2.36. The van der Waals surface area contributed by atoms with Gasteiger partial charge in [-0.15, -0.1) is 0 Å². The maximum absolute atomic E-state index is 12.3. The summed E-state index contributed by atoms with van der Waals surface area (Å²) in [6.07, 6.45) is 1.64. The number of methoxy groups -OCH3 is 1. The third kappa shape index (κ3) is 5.37. The summed E-state index contributed by atoms with van der Waals surface area (Å²) < 4.78 is 4.92. The molecule has 0 radical (unpaired) electrons. The first kappa shape index (κ1) is 17.4. The van der Waals surface area contributed by atoms with Gasteiger partial charge in [-0.05, 0) is 23.8 Å². The molecule has 5 nitrogen and oxygen atoms in total. The Balaban J connectivity index is 2.17. The van der Waals surface area contributed by atoms with Gasteiger partial charge in [-0.25, -0.2) is 0 Å². The Bertz CT molecular complexity index is 697. The predicted molar refractivity (Wildman–Crippen MR) is 93.2 cm³/mol. The van der Waals surface area contributed by atoms with Crippen molar-refractivity contribution in [3.63, 3.8) is 0 Å². The fraction of sp³-hybridized carbons (Fsp3) is 0.158. The second-order valence-electron chi connectivity index (χ2n) is 5.04. The molecule has 0 aliphatic rings. The molecule has 2 rings (SSSR count). The van der Waals surface area contributed by atoms with E-state index >= 15 is 0 Å². The number of hydrogen-bond donors (Lipinski definition) is 2. The van der Waals surface area contributed by atoms with Gasteiger partial charge in [0, 0.05) is 19.2 Å². The van der Waals surface area contributed by atoms with Crippen molar-refractivity contribution in [1.29, 1.82) is 0 Å². The van der Waals surface area contributed by atoms with Crippen molar-refractivity contribution in [1.82, 2.24) is 10.6 Å². The predicted octanol–water partition coefficient (Wildman–Crippen LogP) is 2.22. The second kappa shape index (κ2) is 9.27. The standard InChI is InChI=1S/C19H20N2O3/c1-24-13-12-20-19(23)17(14-15-8-4-2-5-9-15)21-18(22)16-10-6-3-7-11-16/h2-11,14H,12-13H2,1H3,(H,20,23)(H,21,22)/b17-14+. The Morgan fingerprint density at radius 1 is 1.00 bits per heavy atom. The highest BCUT2D eigenvalue weighted by molar-refractivity contribution is 6.05. The maximum atomic E-state index is 12.3. The average molecular weight is 324 g/mol. The number of rotatable bonds is 7. The van der Waals surface area contributed by atoms with Crippen LogP contribution >= 0.6 is 0 Å². The molecule has 5 heteroatoms. The summed E-state index contributed by atoms with van der Waals surface area (Å²) in [6, 6.07) is 18.1. The van der Waals surface area contributed by atoms with E-state index in [1.807, 2.05) is 36.4 Å². The van der Waals surface area contributed by atoms with Crippen molar-refractivity contribution in [2.75, 3.05) is 20.3 Å². The molecule has 2 aromatic carbocycles. The molecule has 0 heterocycles. The fourth-order valence-electron chi connectivity index (χ4n) is 2.02. The summed E-state index contributed by atoms with van der Waals surface area (Å²) in [5, 5.41) is 5.39. The SMILES string of the molecule is COCCNC(=O)/C(=C\c1ccccc1)NC(=O)c1ccccc1. The van der Waals surface area contributed by atoms with E-state index in [1.165, 1.54) is 0 Å². The molecule has 24 heavy (non-hydrogen) atoms. The smallest absolute Gasteiger partial charge is 0.267 e. The molecule has 0 saturated heterocycles. The van der Waals surface area contributed by atoms with Crippen LogP contribution < -0.4 is 10.6 Å². The highest BCUT2D eigenvalue weighted by Crippen LogP contribution is 2.07. The van der Waals surface area contributed by atoms with Crippen LogP contribution in [0.1, 0.15) is 15.9 Å². The lowest BCUT2D eigenvalue weighted by molar-refractivity contribution is -0.117. The highest BCUT2D eigenvalue weighted by atomic mass is 16.5. The molecule has 0 atom stereocenters. The molecule has 0 fully saturated rings. The van der Waals surface area contributed by atoms with Gasteiger partial charge >= 0.3 is 0 Å². The Morgan fingerprint density at radius 2 is 1.62 bits per heavy atom. The molecule has 2 amide bonds. The largest absolute Gasteiger partial charge is 0.383 e. The van der Waals surface area contributed by atoms with Crippen LogP contribution in [0.15, 0.2) is 66.4 Å². The van der Waals surface area contributed by atoms with Crippen molar-refractivity contribution >= 4 is 17.9 Å². The van der Waals surface area contributed by atoms with Gasteiger partial charge in [0.1, 0.15) is 5.70 Å². The molecule has 0 unspecified atom stereocenters. The van der Waals surface area contributed by atoms with Crippen LogP contribution in [0.25, 0.3) is 6.08 Å². The third-order valence-corrected chi connectivity index (χ3v) is 3.23. The monoisotopic (exact) mass is 324 g/mol. The Morgan fingerprint density at radius 3 is 2.25 bits per heavy atom. The number of hydrogen-bond acceptors (Lipinski definition) is 3. The Labute approximate surface area is 141 Å². The topological polar surface area (TPSA) is 67.4 Å². The van der Waals surface area contributed by atoms with Crippen LogP contribution in [0.4, 0.5) is 0 Å². The molecular weight excluding hydrogens is 304 g/mol. The molecule has 124 valence electrons. The van der Waals surface area contributed by atoms with Crippen LogP contribution in [-0.2, 0) is 9.53 Å². The molecule has 0 bridgehead atoms. The lowest BCUT2D eigenvalue weighted by atomic mass is 10.1. The van der Waals surface area contributed by atoms with E-state index in [-0.39, 0.29) is 17.5 Å². The van der Waals surface area contributed by atoms with Crippen molar-refractivity contribution in [2.24, 2.45) is 0 Å². The van der Waals surface area contributed by atoms with E-state index in [0.29, 0.717) is 18.7 Å². The van der Waals surface area contributed by atoms with Crippen molar-refractivity contribution < 1.29 is 14.3 Å². The molecule has 0 aromatic heterocycles. The number of amides is 2. The van der Waals surface area contributed by atoms with Crippen molar-refractivity contribution in [3.05, 3.63) is 77.5 Å². The van der Waals surface area contributed by atoms with Crippen LogP contribution in [0, 0.1) is 0 Å². The normalized spacial score (nSPS) is 11.0. The first-order valence-corrected chi connectivity index (χ1v) is 7.61. The Hall–Kier alpha value is -2.92. The second-order valence-corrected chi connectivity index (χ2v) is 5.04. The van der Waals surface area contributed by atoms with Crippen LogP contribution in [0.5, 0.6) is 0 Å². The van der Waals surface area contributed by atoms with Crippen LogP contribution in [0.2, 0.25) is 0 Å². The first-order valence-electron chi connectivity index (χ1n) is 7.61. The zero-order valence-electron chi connectivity index (χ0n) is 13.5. The first-order chi connectivity index (χ1) is 11.7. The molecule has 2 aromatic rings. The van der Waals surface area contributed by atoms with Crippen molar-refractivity contribution in [2.45, 2.75) is 0 Å². The van der Waals surface area contributed by atoms with E-state index in [9.17, 15) is 9.59 Å². The summed E-state index contributed by atoms with van der Waals surface area (Å²) >= 11 is 0.